The van der Waals surface area contributed by atoms with E-state index in [0.717, 1.165) is 51.3 Å². The average Bonchev–Trinajstić information content (AvgIpc) is 2.46. The Morgan fingerprint density at radius 2 is 1.90 bits per heavy atom. The number of rotatable bonds is 6. The van der Waals surface area contributed by atoms with Crippen molar-refractivity contribution in [3.8, 4) is 0 Å². The minimum Gasteiger partial charge on any atom is -0.309 e. The molecule has 0 radical (unpaired) electrons. The van der Waals surface area contributed by atoms with Gasteiger partial charge in [0.25, 0.3) is 0 Å². The van der Waals surface area contributed by atoms with Crippen molar-refractivity contribution in [2.75, 3.05) is 46.3 Å². The first-order valence-corrected chi connectivity index (χ1v) is 7.59. The molecule has 1 heterocycles. The van der Waals surface area contributed by atoms with Gasteiger partial charge in [-0.05, 0) is 26.1 Å². The molecule has 0 spiro atoms. The van der Waals surface area contributed by atoms with E-state index in [1.54, 1.807) is 12.1 Å². The molecule has 1 aliphatic rings. The van der Waals surface area contributed by atoms with Crippen LogP contribution in [0.25, 0.3) is 0 Å². The Morgan fingerprint density at radius 1 is 1.20 bits per heavy atom. The first-order valence-electron chi connectivity index (χ1n) is 7.59. The van der Waals surface area contributed by atoms with Gasteiger partial charge in [0, 0.05) is 44.3 Å². The molecule has 1 atom stereocenters. The number of halogens is 1. The summed E-state index contributed by atoms with van der Waals surface area (Å²) in [6.45, 7) is 8.27. The zero-order chi connectivity index (χ0) is 14.4. The van der Waals surface area contributed by atoms with Gasteiger partial charge in [0.2, 0.25) is 0 Å². The largest absolute Gasteiger partial charge is 0.309 e. The van der Waals surface area contributed by atoms with Crippen LogP contribution < -0.4 is 5.32 Å². The lowest BCUT2D eigenvalue weighted by Crippen LogP contribution is -2.47. The lowest BCUT2D eigenvalue weighted by molar-refractivity contribution is 0.141. The average molecular weight is 279 g/mol. The van der Waals surface area contributed by atoms with Gasteiger partial charge >= 0.3 is 0 Å². The molecule has 3 nitrogen and oxygen atoms in total. The van der Waals surface area contributed by atoms with Crippen molar-refractivity contribution in [3.63, 3.8) is 0 Å². The van der Waals surface area contributed by atoms with Crippen molar-refractivity contribution in [2.24, 2.45) is 0 Å². The second-order valence-corrected chi connectivity index (χ2v) is 5.63. The minimum atomic E-state index is -0.102. The van der Waals surface area contributed by atoms with E-state index in [9.17, 15) is 4.39 Å². The van der Waals surface area contributed by atoms with Crippen LogP contribution >= 0.6 is 0 Å². The minimum absolute atomic E-state index is 0.0829. The number of nitrogens with zero attached hydrogens (tertiary/aromatic N) is 2. The molecule has 1 unspecified atom stereocenters. The quantitative estimate of drug-likeness (QED) is 0.860. The molecule has 0 bridgehead atoms. The van der Waals surface area contributed by atoms with Crippen LogP contribution in [0.3, 0.4) is 0 Å². The monoisotopic (exact) mass is 279 g/mol. The van der Waals surface area contributed by atoms with Crippen molar-refractivity contribution in [3.05, 3.63) is 35.6 Å². The number of nitrogens with one attached hydrogen (secondary N) is 1. The Hall–Kier alpha value is -0.970. The van der Waals surface area contributed by atoms with E-state index < -0.39 is 0 Å². The van der Waals surface area contributed by atoms with Crippen molar-refractivity contribution in [2.45, 2.75) is 19.4 Å². The summed E-state index contributed by atoms with van der Waals surface area (Å²) in [5.41, 5.74) is 0.792. The fraction of sp³-hybridized carbons (Fsp3) is 0.625. The Labute approximate surface area is 121 Å². The normalized spacial score (nSPS) is 19.1. The molecule has 0 aliphatic carbocycles. The molecule has 1 aromatic rings. The number of hydrogen-bond acceptors (Lipinski definition) is 3. The van der Waals surface area contributed by atoms with E-state index in [1.165, 1.54) is 0 Å². The summed E-state index contributed by atoms with van der Waals surface area (Å²) in [7, 11) is 2.15. The van der Waals surface area contributed by atoms with Gasteiger partial charge in [0.05, 0.1) is 0 Å². The van der Waals surface area contributed by atoms with E-state index in [-0.39, 0.29) is 11.9 Å². The fourth-order valence-corrected chi connectivity index (χ4v) is 2.64. The molecule has 4 heteroatoms. The summed E-state index contributed by atoms with van der Waals surface area (Å²) in [6.07, 6.45) is 1.06. The third kappa shape index (κ3) is 4.27. The van der Waals surface area contributed by atoms with Crippen LogP contribution in [0.1, 0.15) is 24.9 Å². The summed E-state index contributed by atoms with van der Waals surface area (Å²) in [5.74, 6) is -0.102. The first-order chi connectivity index (χ1) is 9.70. The lowest BCUT2D eigenvalue weighted by atomic mass is 10.0. The van der Waals surface area contributed by atoms with Crippen molar-refractivity contribution < 1.29 is 4.39 Å². The summed E-state index contributed by atoms with van der Waals surface area (Å²) in [6, 6.07) is 7.22. The number of piperazine rings is 1. The van der Waals surface area contributed by atoms with Gasteiger partial charge < -0.3 is 10.2 Å². The van der Waals surface area contributed by atoms with Crippen LogP contribution in [0, 0.1) is 5.82 Å². The molecule has 0 aromatic heterocycles. The van der Waals surface area contributed by atoms with Crippen LogP contribution in [0.5, 0.6) is 0 Å². The highest BCUT2D eigenvalue weighted by atomic mass is 19.1. The van der Waals surface area contributed by atoms with Gasteiger partial charge in [-0.1, -0.05) is 25.1 Å². The second kappa shape index (κ2) is 7.72. The Balaban J connectivity index is 2.02. The number of likely N-dealkylation sites (N-methyl/N-ethyl adjacent to an activating group) is 1. The summed E-state index contributed by atoms with van der Waals surface area (Å²) in [5, 5.41) is 3.49. The molecule has 0 saturated carbocycles. The smallest absolute Gasteiger partial charge is 0.128 e. The van der Waals surface area contributed by atoms with Gasteiger partial charge in [-0.15, -0.1) is 0 Å². The molecule has 1 fully saturated rings. The van der Waals surface area contributed by atoms with Gasteiger partial charge in [0.1, 0.15) is 5.82 Å². The maximum absolute atomic E-state index is 14.0. The zero-order valence-corrected chi connectivity index (χ0v) is 12.6. The van der Waals surface area contributed by atoms with Crippen molar-refractivity contribution in [1.29, 1.82) is 0 Å². The molecule has 2 rings (SSSR count). The maximum atomic E-state index is 14.0. The van der Waals surface area contributed by atoms with E-state index in [4.69, 9.17) is 0 Å². The highest BCUT2D eigenvalue weighted by Gasteiger charge is 2.21. The van der Waals surface area contributed by atoms with Crippen LogP contribution in [-0.4, -0.2) is 56.1 Å². The standard InChI is InChI=1S/C16H26FN3/c1-3-8-18-16(14-6-4-5-7-15(14)17)13-20-11-9-19(2)10-12-20/h4-7,16,18H,3,8-13H2,1-2H3. The van der Waals surface area contributed by atoms with Crippen LogP contribution in [-0.2, 0) is 0 Å². The molecule has 112 valence electrons. The van der Waals surface area contributed by atoms with Crippen molar-refractivity contribution in [1.82, 2.24) is 15.1 Å². The number of hydrogen-bond donors (Lipinski definition) is 1. The SMILES string of the molecule is CCCNC(CN1CCN(C)CC1)c1ccccc1F. The lowest BCUT2D eigenvalue weighted by Gasteiger charge is -2.35. The molecule has 1 aliphatic heterocycles. The van der Waals surface area contributed by atoms with Gasteiger partial charge in [-0.3, -0.25) is 4.90 Å². The fourth-order valence-electron chi connectivity index (χ4n) is 2.64. The van der Waals surface area contributed by atoms with E-state index >= 15 is 0 Å². The highest BCUT2D eigenvalue weighted by molar-refractivity contribution is 5.21. The predicted octanol–water partition coefficient (Wildman–Crippen LogP) is 2.11. The van der Waals surface area contributed by atoms with Crippen LogP contribution in [0.4, 0.5) is 4.39 Å². The van der Waals surface area contributed by atoms with Crippen molar-refractivity contribution >= 4 is 0 Å². The molecule has 1 aromatic carbocycles. The highest BCUT2D eigenvalue weighted by Crippen LogP contribution is 2.18. The van der Waals surface area contributed by atoms with E-state index in [0.29, 0.717) is 0 Å². The first kappa shape index (κ1) is 15.4. The van der Waals surface area contributed by atoms with Gasteiger partial charge in [-0.2, -0.15) is 0 Å². The second-order valence-electron chi connectivity index (χ2n) is 5.63. The summed E-state index contributed by atoms with van der Waals surface area (Å²) >= 11 is 0. The molecular weight excluding hydrogens is 253 g/mol. The topological polar surface area (TPSA) is 18.5 Å². The summed E-state index contributed by atoms with van der Waals surface area (Å²) in [4.78, 5) is 4.77. The Morgan fingerprint density at radius 3 is 2.55 bits per heavy atom. The van der Waals surface area contributed by atoms with Gasteiger partial charge in [0.15, 0.2) is 0 Å². The third-order valence-corrected chi connectivity index (χ3v) is 3.96. The molecule has 0 amide bonds. The maximum Gasteiger partial charge on any atom is 0.128 e. The molecule has 20 heavy (non-hydrogen) atoms. The van der Waals surface area contributed by atoms with E-state index in [2.05, 4.69) is 29.1 Å². The third-order valence-electron chi connectivity index (χ3n) is 3.96. The zero-order valence-electron chi connectivity index (χ0n) is 12.6. The Kier molecular flexibility index (Phi) is 5.95. The summed E-state index contributed by atoms with van der Waals surface area (Å²) < 4.78 is 14.0. The van der Waals surface area contributed by atoms with Crippen LogP contribution in [0.2, 0.25) is 0 Å². The molecule has 1 N–H and O–H groups in total. The molecule has 1 saturated heterocycles. The van der Waals surface area contributed by atoms with Gasteiger partial charge in [-0.25, -0.2) is 4.39 Å². The van der Waals surface area contributed by atoms with Crippen LogP contribution in [0.15, 0.2) is 24.3 Å². The molecular formula is C16H26FN3. The van der Waals surface area contributed by atoms with E-state index in [1.807, 2.05) is 12.1 Å². The number of benzene rings is 1. The predicted molar refractivity (Wildman–Crippen MR) is 81.4 cm³/mol. The Bertz CT molecular complexity index is 402.